The fourth-order valence-electron chi connectivity index (χ4n) is 4.22. The Morgan fingerprint density at radius 1 is 0.788 bits per heavy atom. The van der Waals surface area contributed by atoms with Crippen LogP contribution in [0.3, 0.4) is 0 Å². The number of hydrogen-bond donors (Lipinski definition) is 1. The molecule has 2 aliphatic rings. The number of aromatic nitrogens is 3. The van der Waals surface area contributed by atoms with Crippen LogP contribution in [0.25, 0.3) is 11.3 Å². The number of nitrogens with zero attached hydrogens (tertiary/aromatic N) is 6. The minimum Gasteiger partial charge on any atom is -0.455 e. The summed E-state index contributed by atoms with van der Waals surface area (Å²) < 4.78 is 19.0. The average Bonchev–Trinajstić information content (AvgIpc) is 3.34. The number of furan rings is 1. The Hall–Kier alpha value is -3.49. The molecular formula is C24H28FN7O. The molecule has 0 unspecified atom stereocenters. The molecule has 0 amide bonds. The zero-order chi connectivity index (χ0) is 22.5. The molecule has 8 nitrogen and oxygen atoms in total. The molecule has 4 heterocycles. The average molecular weight is 450 g/mol. The number of benzene rings is 1. The zero-order valence-electron chi connectivity index (χ0n) is 18.6. The van der Waals surface area contributed by atoms with Gasteiger partial charge in [0.25, 0.3) is 0 Å². The predicted molar refractivity (Wildman–Crippen MR) is 127 cm³/mol. The summed E-state index contributed by atoms with van der Waals surface area (Å²) in [6.07, 6.45) is 8.69. The van der Waals surface area contributed by atoms with Crippen molar-refractivity contribution in [1.29, 1.82) is 0 Å². The smallest absolute Gasteiger partial charge is 0.250 e. The molecule has 0 atom stereocenters. The first-order valence-corrected chi connectivity index (χ1v) is 11.7. The topological polar surface area (TPSA) is 82.7 Å². The molecule has 0 radical (unpaired) electrons. The molecule has 1 N–H and O–H groups in total. The van der Waals surface area contributed by atoms with Gasteiger partial charge in [-0.1, -0.05) is 0 Å². The summed E-state index contributed by atoms with van der Waals surface area (Å²) in [6, 6.07) is 9.84. The Labute approximate surface area is 192 Å². The van der Waals surface area contributed by atoms with Gasteiger partial charge in [-0.05, 0) is 74.9 Å². The van der Waals surface area contributed by atoms with E-state index in [0.29, 0.717) is 29.4 Å². The number of rotatable bonds is 6. The van der Waals surface area contributed by atoms with Crippen molar-refractivity contribution in [3.63, 3.8) is 0 Å². The molecular weight excluding hydrogens is 421 g/mol. The van der Waals surface area contributed by atoms with Crippen molar-refractivity contribution in [3.05, 3.63) is 48.0 Å². The highest BCUT2D eigenvalue weighted by Crippen LogP contribution is 2.23. The number of anilines is 3. The van der Waals surface area contributed by atoms with E-state index in [9.17, 15) is 4.39 Å². The molecule has 2 aromatic heterocycles. The van der Waals surface area contributed by atoms with Gasteiger partial charge in [-0.2, -0.15) is 20.1 Å². The van der Waals surface area contributed by atoms with Crippen molar-refractivity contribution in [2.75, 3.05) is 41.4 Å². The van der Waals surface area contributed by atoms with Gasteiger partial charge in [0.15, 0.2) is 0 Å². The third kappa shape index (κ3) is 5.30. The Bertz CT molecular complexity index is 1050. The SMILES string of the molecule is Fc1ccc(-c2ccc(/C=N/Nc3nc(N4CCCCC4)nc(N4CCCCC4)n3)o2)cc1. The molecule has 2 saturated heterocycles. The lowest BCUT2D eigenvalue weighted by Crippen LogP contribution is -2.34. The first-order chi connectivity index (χ1) is 16.2. The van der Waals surface area contributed by atoms with Crippen molar-refractivity contribution in [3.8, 4) is 11.3 Å². The molecule has 2 aliphatic heterocycles. The number of hydrazone groups is 1. The number of nitrogens with one attached hydrogen (secondary N) is 1. The largest absolute Gasteiger partial charge is 0.455 e. The fourth-order valence-corrected chi connectivity index (χ4v) is 4.22. The Balaban J connectivity index is 1.32. The molecule has 172 valence electrons. The summed E-state index contributed by atoms with van der Waals surface area (Å²) >= 11 is 0. The van der Waals surface area contributed by atoms with E-state index in [0.717, 1.165) is 57.4 Å². The maximum atomic E-state index is 13.1. The Morgan fingerprint density at radius 3 is 2.00 bits per heavy atom. The lowest BCUT2D eigenvalue weighted by Gasteiger charge is -2.30. The first-order valence-electron chi connectivity index (χ1n) is 11.7. The minimum atomic E-state index is -0.276. The minimum absolute atomic E-state index is 0.276. The molecule has 9 heteroatoms. The van der Waals surface area contributed by atoms with Crippen molar-refractivity contribution in [2.24, 2.45) is 5.10 Å². The highest BCUT2D eigenvalue weighted by molar-refractivity contribution is 5.78. The van der Waals surface area contributed by atoms with E-state index in [4.69, 9.17) is 9.40 Å². The monoisotopic (exact) mass is 449 g/mol. The maximum absolute atomic E-state index is 13.1. The summed E-state index contributed by atoms with van der Waals surface area (Å²) in [6.45, 7) is 3.85. The van der Waals surface area contributed by atoms with Gasteiger partial charge >= 0.3 is 0 Å². The van der Waals surface area contributed by atoms with E-state index in [-0.39, 0.29) is 5.82 Å². The maximum Gasteiger partial charge on any atom is 0.250 e. The van der Waals surface area contributed by atoms with E-state index in [2.05, 4.69) is 30.3 Å². The third-order valence-corrected chi connectivity index (χ3v) is 6.00. The van der Waals surface area contributed by atoms with E-state index in [1.165, 1.54) is 25.0 Å². The van der Waals surface area contributed by atoms with E-state index < -0.39 is 0 Å². The Kier molecular flexibility index (Phi) is 6.46. The third-order valence-electron chi connectivity index (χ3n) is 6.00. The van der Waals surface area contributed by atoms with E-state index in [1.54, 1.807) is 18.3 Å². The lowest BCUT2D eigenvalue weighted by molar-refractivity contribution is 0.556. The summed E-state index contributed by atoms with van der Waals surface area (Å²) in [5, 5.41) is 4.29. The molecule has 5 rings (SSSR count). The zero-order valence-corrected chi connectivity index (χ0v) is 18.6. The summed E-state index contributed by atoms with van der Waals surface area (Å²) in [5.41, 5.74) is 3.76. The summed E-state index contributed by atoms with van der Waals surface area (Å²) in [4.78, 5) is 18.5. The predicted octanol–water partition coefficient (Wildman–Crippen LogP) is 4.70. The van der Waals surface area contributed by atoms with E-state index in [1.807, 2.05) is 12.1 Å². The van der Waals surface area contributed by atoms with Gasteiger partial charge in [0.1, 0.15) is 17.3 Å². The highest BCUT2D eigenvalue weighted by atomic mass is 19.1. The number of piperidine rings is 2. The lowest BCUT2D eigenvalue weighted by atomic mass is 10.1. The van der Waals surface area contributed by atoms with Crippen LogP contribution in [0.5, 0.6) is 0 Å². The van der Waals surface area contributed by atoms with Crippen LogP contribution in [0.1, 0.15) is 44.3 Å². The van der Waals surface area contributed by atoms with Crippen LogP contribution >= 0.6 is 0 Å². The molecule has 0 saturated carbocycles. The van der Waals surface area contributed by atoms with Crippen LogP contribution in [0.2, 0.25) is 0 Å². The van der Waals surface area contributed by atoms with Crippen LogP contribution in [0, 0.1) is 5.82 Å². The van der Waals surface area contributed by atoms with Crippen molar-refractivity contribution >= 4 is 24.1 Å². The molecule has 3 aromatic rings. The molecule has 33 heavy (non-hydrogen) atoms. The van der Waals surface area contributed by atoms with Crippen LogP contribution in [0.15, 0.2) is 45.9 Å². The second-order valence-electron chi connectivity index (χ2n) is 8.43. The molecule has 2 fully saturated rings. The van der Waals surface area contributed by atoms with Gasteiger partial charge in [0.2, 0.25) is 17.8 Å². The van der Waals surface area contributed by atoms with Gasteiger partial charge in [-0.25, -0.2) is 9.82 Å². The van der Waals surface area contributed by atoms with Crippen molar-refractivity contribution in [2.45, 2.75) is 38.5 Å². The normalized spacial score (nSPS) is 17.0. The van der Waals surface area contributed by atoms with Gasteiger partial charge in [0.05, 0.1) is 6.21 Å². The standard InChI is InChI=1S/C24H28FN7O/c25-19-9-7-18(8-10-19)21-12-11-20(33-21)17-26-30-22-27-23(31-13-3-1-4-14-31)29-24(28-22)32-15-5-2-6-16-32/h7-12,17H,1-6,13-16H2,(H,27,28,29,30)/b26-17+. The van der Waals surface area contributed by atoms with Crippen molar-refractivity contribution in [1.82, 2.24) is 15.0 Å². The molecule has 0 spiro atoms. The quantitative estimate of drug-likeness (QED) is 0.431. The van der Waals surface area contributed by atoms with Crippen LogP contribution in [-0.2, 0) is 0 Å². The van der Waals surface area contributed by atoms with Crippen LogP contribution < -0.4 is 15.2 Å². The highest BCUT2D eigenvalue weighted by Gasteiger charge is 2.20. The van der Waals surface area contributed by atoms with Crippen LogP contribution in [-0.4, -0.2) is 47.3 Å². The number of halogens is 1. The van der Waals surface area contributed by atoms with Crippen LogP contribution in [0.4, 0.5) is 22.2 Å². The van der Waals surface area contributed by atoms with Crippen molar-refractivity contribution < 1.29 is 8.81 Å². The molecule has 0 aliphatic carbocycles. The molecule has 0 bridgehead atoms. The first kappa shape index (κ1) is 21.4. The summed E-state index contributed by atoms with van der Waals surface area (Å²) in [5.74, 6) is 2.79. The van der Waals surface area contributed by atoms with Gasteiger partial charge in [0, 0.05) is 31.7 Å². The van der Waals surface area contributed by atoms with Gasteiger partial charge < -0.3 is 14.2 Å². The Morgan fingerprint density at radius 2 is 1.39 bits per heavy atom. The van der Waals surface area contributed by atoms with E-state index >= 15 is 0 Å². The second kappa shape index (κ2) is 9.97. The summed E-state index contributed by atoms with van der Waals surface area (Å²) in [7, 11) is 0. The fraction of sp³-hybridized carbons (Fsp3) is 0.417. The second-order valence-corrected chi connectivity index (χ2v) is 8.43. The molecule has 1 aromatic carbocycles. The number of hydrogen-bond acceptors (Lipinski definition) is 8. The van der Waals surface area contributed by atoms with Gasteiger partial charge in [-0.15, -0.1) is 0 Å². The van der Waals surface area contributed by atoms with Gasteiger partial charge in [-0.3, -0.25) is 0 Å².